The number of fused-ring (bicyclic) bond motifs is 1. The Morgan fingerprint density at radius 1 is 1.35 bits per heavy atom. The van der Waals surface area contributed by atoms with Gasteiger partial charge in [0.05, 0.1) is 11.8 Å². The molecule has 0 aromatic heterocycles. The maximum Gasteiger partial charge on any atom is 0.318 e. The van der Waals surface area contributed by atoms with Gasteiger partial charge >= 0.3 is 11.9 Å². The van der Waals surface area contributed by atoms with Crippen LogP contribution in [0.5, 0.6) is 0 Å². The second kappa shape index (κ2) is 3.83. The molecule has 3 heteroatoms. The average Bonchev–Trinajstić information content (AvgIpc) is 2.55. The molecule has 3 unspecified atom stereocenters. The lowest BCUT2D eigenvalue weighted by molar-refractivity contribution is -0.154. The highest BCUT2D eigenvalue weighted by atomic mass is 16.6. The molecule has 0 spiro atoms. The Kier molecular flexibility index (Phi) is 2.72. The molecule has 0 radical (unpaired) electrons. The number of carbonyl (C=O) groups is 2. The van der Waals surface area contributed by atoms with E-state index in [9.17, 15) is 9.59 Å². The Balaban J connectivity index is 2.48. The van der Waals surface area contributed by atoms with Gasteiger partial charge in [0.1, 0.15) is 0 Å². The molecule has 1 fully saturated rings. The average molecular weight is 234 g/mol. The van der Waals surface area contributed by atoms with E-state index in [1.165, 1.54) is 0 Å². The Hall–Kier alpha value is -1.38. The molecular weight excluding hydrogens is 216 g/mol. The van der Waals surface area contributed by atoms with Crippen molar-refractivity contribution in [2.45, 2.75) is 27.7 Å². The lowest BCUT2D eigenvalue weighted by Gasteiger charge is -2.36. The van der Waals surface area contributed by atoms with E-state index in [1.807, 2.05) is 45.9 Å². The fraction of sp³-hybridized carbons (Fsp3) is 0.571. The zero-order valence-corrected chi connectivity index (χ0v) is 10.7. The summed E-state index contributed by atoms with van der Waals surface area (Å²) >= 11 is 0. The third kappa shape index (κ3) is 1.74. The number of cyclic esters (lactones) is 2. The first-order chi connectivity index (χ1) is 7.88. The highest BCUT2D eigenvalue weighted by molar-refractivity contribution is 5.98. The summed E-state index contributed by atoms with van der Waals surface area (Å²) in [6.07, 6.45) is 6.06. The predicted molar refractivity (Wildman–Crippen MR) is 63.9 cm³/mol. The van der Waals surface area contributed by atoms with Crippen molar-refractivity contribution in [1.82, 2.24) is 0 Å². The van der Waals surface area contributed by atoms with E-state index in [-0.39, 0.29) is 35.1 Å². The first-order valence-electron chi connectivity index (χ1n) is 5.96. The zero-order chi connectivity index (χ0) is 12.8. The van der Waals surface area contributed by atoms with Gasteiger partial charge in [0.2, 0.25) is 0 Å². The third-order valence-electron chi connectivity index (χ3n) is 3.99. The Morgan fingerprint density at radius 3 is 2.59 bits per heavy atom. The number of esters is 2. The molecule has 17 heavy (non-hydrogen) atoms. The first-order valence-corrected chi connectivity index (χ1v) is 5.96. The van der Waals surface area contributed by atoms with Gasteiger partial charge in [0.15, 0.2) is 0 Å². The van der Waals surface area contributed by atoms with Crippen molar-refractivity contribution < 1.29 is 14.3 Å². The van der Waals surface area contributed by atoms with Crippen molar-refractivity contribution in [2.24, 2.45) is 23.2 Å². The van der Waals surface area contributed by atoms with Gasteiger partial charge in [-0.1, -0.05) is 37.6 Å². The van der Waals surface area contributed by atoms with Gasteiger partial charge in [-0.15, -0.1) is 0 Å². The van der Waals surface area contributed by atoms with Crippen molar-refractivity contribution in [2.75, 3.05) is 0 Å². The summed E-state index contributed by atoms with van der Waals surface area (Å²) < 4.78 is 4.82. The molecule has 1 aliphatic carbocycles. The van der Waals surface area contributed by atoms with Gasteiger partial charge in [-0.25, -0.2) is 0 Å². The second-order valence-corrected chi connectivity index (χ2v) is 5.48. The van der Waals surface area contributed by atoms with Crippen LogP contribution in [0, 0.1) is 23.2 Å². The van der Waals surface area contributed by atoms with Crippen molar-refractivity contribution in [3.63, 3.8) is 0 Å². The summed E-state index contributed by atoms with van der Waals surface area (Å²) in [5, 5.41) is 0. The van der Waals surface area contributed by atoms with Gasteiger partial charge in [-0.3, -0.25) is 9.59 Å². The molecule has 0 saturated carbocycles. The molecule has 0 N–H and O–H groups in total. The predicted octanol–water partition coefficient (Wildman–Crippen LogP) is 2.48. The Morgan fingerprint density at radius 2 is 2.00 bits per heavy atom. The van der Waals surface area contributed by atoms with Crippen LogP contribution >= 0.6 is 0 Å². The van der Waals surface area contributed by atoms with Crippen LogP contribution < -0.4 is 0 Å². The molecule has 0 aromatic rings. The van der Waals surface area contributed by atoms with Gasteiger partial charge in [0.25, 0.3) is 0 Å². The fourth-order valence-corrected chi connectivity index (χ4v) is 2.84. The number of allylic oxidation sites excluding steroid dienone is 4. The Bertz CT molecular complexity index is 429. The minimum absolute atomic E-state index is 0.00280. The lowest BCUT2D eigenvalue weighted by Crippen LogP contribution is -2.39. The molecule has 3 atom stereocenters. The normalized spacial score (nSPS) is 35.8. The maximum absolute atomic E-state index is 11.8. The summed E-state index contributed by atoms with van der Waals surface area (Å²) in [6.45, 7) is 7.88. The molecule has 2 rings (SSSR count). The van der Waals surface area contributed by atoms with Gasteiger partial charge in [-0.05, 0) is 19.3 Å². The quantitative estimate of drug-likeness (QED) is 0.397. The number of carbonyl (C=O) groups excluding carboxylic acids is 2. The van der Waals surface area contributed by atoms with Crippen LogP contribution in [-0.4, -0.2) is 11.9 Å². The highest BCUT2D eigenvalue weighted by Crippen LogP contribution is 2.48. The third-order valence-corrected chi connectivity index (χ3v) is 3.99. The van der Waals surface area contributed by atoms with Gasteiger partial charge in [-0.2, -0.15) is 0 Å². The molecule has 1 aliphatic heterocycles. The summed E-state index contributed by atoms with van der Waals surface area (Å²) in [7, 11) is 0. The van der Waals surface area contributed by atoms with Crippen LogP contribution in [0.4, 0.5) is 0 Å². The highest BCUT2D eigenvalue weighted by Gasteiger charge is 2.55. The molecule has 1 saturated heterocycles. The number of rotatable bonds is 1. The van der Waals surface area contributed by atoms with Gasteiger partial charge < -0.3 is 4.74 Å². The molecule has 0 amide bonds. The molecule has 3 nitrogen and oxygen atoms in total. The molecule has 0 aromatic carbocycles. The topological polar surface area (TPSA) is 43.4 Å². The van der Waals surface area contributed by atoms with Crippen molar-refractivity contribution in [3.8, 4) is 0 Å². The van der Waals surface area contributed by atoms with Crippen molar-refractivity contribution >= 4 is 11.9 Å². The van der Waals surface area contributed by atoms with Crippen LogP contribution in [0.15, 0.2) is 23.8 Å². The van der Waals surface area contributed by atoms with Crippen LogP contribution in [0.1, 0.15) is 27.7 Å². The molecular formula is C14H18O3. The lowest BCUT2D eigenvalue weighted by atomic mass is 9.63. The Labute approximate surface area is 102 Å². The SMILES string of the molecule is CC=C(C)C1C=CC(C)(C)C2C(=O)OC(=O)C12. The molecule has 2 aliphatic rings. The number of ether oxygens (including phenoxy) is 1. The van der Waals surface area contributed by atoms with E-state index in [4.69, 9.17) is 4.74 Å². The number of hydrogen-bond acceptors (Lipinski definition) is 3. The van der Waals surface area contributed by atoms with Crippen LogP contribution in [-0.2, 0) is 14.3 Å². The molecule has 92 valence electrons. The smallest absolute Gasteiger partial charge is 0.318 e. The zero-order valence-electron chi connectivity index (χ0n) is 10.7. The minimum atomic E-state index is -0.372. The van der Waals surface area contributed by atoms with E-state index in [1.54, 1.807) is 0 Å². The van der Waals surface area contributed by atoms with Crippen molar-refractivity contribution in [3.05, 3.63) is 23.8 Å². The van der Waals surface area contributed by atoms with Gasteiger partial charge in [0, 0.05) is 5.92 Å². The standard InChI is InChI=1S/C14H18O3/c1-5-8(2)9-6-7-14(3,4)11-10(9)12(15)17-13(11)16/h5-7,9-11H,1-4H3. The monoisotopic (exact) mass is 234 g/mol. The summed E-state index contributed by atoms with van der Waals surface area (Å²) in [5.41, 5.74) is 0.803. The van der Waals surface area contributed by atoms with E-state index in [0.29, 0.717) is 0 Å². The fourth-order valence-electron chi connectivity index (χ4n) is 2.84. The van der Waals surface area contributed by atoms with Crippen molar-refractivity contribution in [1.29, 1.82) is 0 Å². The summed E-state index contributed by atoms with van der Waals surface area (Å²) in [5.74, 6) is -1.44. The molecule has 0 bridgehead atoms. The van der Waals surface area contributed by atoms with E-state index >= 15 is 0 Å². The van der Waals surface area contributed by atoms with Crippen LogP contribution in [0.25, 0.3) is 0 Å². The van der Waals surface area contributed by atoms with E-state index in [0.717, 1.165) is 5.57 Å². The maximum atomic E-state index is 11.8. The first kappa shape index (κ1) is 12.1. The minimum Gasteiger partial charge on any atom is -0.393 e. The van der Waals surface area contributed by atoms with Crippen LogP contribution in [0.2, 0.25) is 0 Å². The second-order valence-electron chi connectivity index (χ2n) is 5.48. The van der Waals surface area contributed by atoms with Crippen LogP contribution in [0.3, 0.4) is 0 Å². The summed E-state index contributed by atoms with van der Waals surface area (Å²) in [6, 6.07) is 0. The largest absolute Gasteiger partial charge is 0.393 e. The number of hydrogen-bond donors (Lipinski definition) is 0. The molecule has 1 heterocycles. The van der Waals surface area contributed by atoms with E-state index in [2.05, 4.69) is 0 Å². The van der Waals surface area contributed by atoms with E-state index < -0.39 is 0 Å². The summed E-state index contributed by atoms with van der Waals surface area (Å²) in [4.78, 5) is 23.6.